The number of aromatic nitrogens is 1. The van der Waals surface area contributed by atoms with Crippen LogP contribution in [0.2, 0.25) is 0 Å². The van der Waals surface area contributed by atoms with Gasteiger partial charge in [0, 0.05) is 30.1 Å². The van der Waals surface area contributed by atoms with Crippen molar-refractivity contribution in [3.8, 4) is 17.4 Å². The molecule has 0 radical (unpaired) electrons. The van der Waals surface area contributed by atoms with Gasteiger partial charge in [0.15, 0.2) is 11.5 Å². The number of nitrogens with one attached hydrogen (secondary N) is 1. The van der Waals surface area contributed by atoms with Crippen molar-refractivity contribution in [2.75, 3.05) is 40.6 Å². The molecule has 1 saturated heterocycles. The molecule has 7 heteroatoms. The molecule has 3 aromatic rings. The van der Waals surface area contributed by atoms with Gasteiger partial charge in [-0.25, -0.2) is 4.98 Å². The lowest BCUT2D eigenvalue weighted by Crippen LogP contribution is -2.37. The smallest absolute Gasteiger partial charge is 0.218 e. The highest BCUT2D eigenvalue weighted by atomic mass is 16.6. The molecule has 0 saturated carbocycles. The first-order valence-corrected chi connectivity index (χ1v) is 10.8. The van der Waals surface area contributed by atoms with Crippen LogP contribution in [0.5, 0.6) is 17.4 Å². The summed E-state index contributed by atoms with van der Waals surface area (Å²) in [6.07, 6.45) is 0.0541. The first-order chi connectivity index (χ1) is 15.7. The molecule has 1 atom stereocenters. The van der Waals surface area contributed by atoms with Crippen molar-refractivity contribution < 1.29 is 23.7 Å². The molecule has 0 unspecified atom stereocenters. The molecule has 2 aromatic carbocycles. The van der Waals surface area contributed by atoms with E-state index in [2.05, 4.69) is 42.6 Å². The Morgan fingerprint density at radius 3 is 2.53 bits per heavy atom. The minimum Gasteiger partial charge on any atom is -0.493 e. The van der Waals surface area contributed by atoms with Gasteiger partial charge in [0.05, 0.1) is 45.7 Å². The molecule has 170 valence electrons. The van der Waals surface area contributed by atoms with Gasteiger partial charge < -0.3 is 29.0 Å². The Bertz CT molecular complexity index is 1030. The topological polar surface area (TPSA) is 71.1 Å². The monoisotopic (exact) mass is 438 g/mol. The number of rotatable bonds is 9. The van der Waals surface area contributed by atoms with E-state index in [4.69, 9.17) is 28.7 Å². The fraction of sp³-hybridized carbons (Fsp3) is 0.400. The van der Waals surface area contributed by atoms with Gasteiger partial charge in [-0.2, -0.15) is 0 Å². The number of ether oxygens (including phenoxy) is 5. The van der Waals surface area contributed by atoms with E-state index < -0.39 is 0 Å². The Morgan fingerprint density at radius 2 is 1.81 bits per heavy atom. The summed E-state index contributed by atoms with van der Waals surface area (Å²) in [6.45, 7) is 5.71. The van der Waals surface area contributed by atoms with E-state index in [0.29, 0.717) is 56.9 Å². The summed E-state index contributed by atoms with van der Waals surface area (Å²) in [5, 5.41) is 4.41. The summed E-state index contributed by atoms with van der Waals surface area (Å²) >= 11 is 0. The highest BCUT2D eigenvalue weighted by molar-refractivity contribution is 5.84. The van der Waals surface area contributed by atoms with Gasteiger partial charge in [-0.15, -0.1) is 0 Å². The van der Waals surface area contributed by atoms with Gasteiger partial charge in [-0.1, -0.05) is 29.8 Å². The molecule has 1 fully saturated rings. The second-order valence-corrected chi connectivity index (χ2v) is 7.83. The highest BCUT2D eigenvalue weighted by Gasteiger charge is 2.16. The van der Waals surface area contributed by atoms with Crippen molar-refractivity contribution >= 4 is 10.9 Å². The maximum atomic E-state index is 6.16. The lowest BCUT2D eigenvalue weighted by atomic mass is 10.1. The van der Waals surface area contributed by atoms with E-state index in [1.165, 1.54) is 5.56 Å². The van der Waals surface area contributed by atoms with Crippen LogP contribution in [-0.4, -0.2) is 51.7 Å². The van der Waals surface area contributed by atoms with Crippen LogP contribution in [0.15, 0.2) is 42.5 Å². The third-order valence-electron chi connectivity index (χ3n) is 5.43. The Balaban J connectivity index is 1.57. The molecule has 2 heterocycles. The molecule has 32 heavy (non-hydrogen) atoms. The molecule has 0 bridgehead atoms. The maximum absolute atomic E-state index is 6.16. The van der Waals surface area contributed by atoms with Crippen molar-refractivity contribution in [3.05, 3.63) is 59.2 Å². The molecular formula is C25H30N2O5. The Morgan fingerprint density at radius 1 is 1.03 bits per heavy atom. The maximum Gasteiger partial charge on any atom is 0.218 e. The zero-order valence-electron chi connectivity index (χ0n) is 18.8. The van der Waals surface area contributed by atoms with Crippen LogP contribution in [0.1, 0.15) is 16.7 Å². The van der Waals surface area contributed by atoms with E-state index in [-0.39, 0.29) is 6.10 Å². The summed E-state index contributed by atoms with van der Waals surface area (Å²) < 4.78 is 28.3. The number of nitrogens with zero attached hydrogens (tertiary/aromatic N) is 1. The predicted molar refractivity (Wildman–Crippen MR) is 123 cm³/mol. The van der Waals surface area contributed by atoms with Crippen LogP contribution in [-0.2, 0) is 22.6 Å². The molecule has 1 aliphatic rings. The van der Waals surface area contributed by atoms with Gasteiger partial charge in [0.25, 0.3) is 0 Å². The van der Waals surface area contributed by atoms with Crippen molar-refractivity contribution in [2.45, 2.75) is 26.2 Å². The molecule has 1 N–H and O–H groups in total. The number of pyridine rings is 1. The average molecular weight is 439 g/mol. The SMILES string of the molecule is COc1cc2cc(CNC[C@@H]3COCCO3)c(OCc3ccc(C)cc3)nc2cc1OC. The first kappa shape index (κ1) is 22.3. The second-order valence-electron chi connectivity index (χ2n) is 7.83. The number of hydrogen-bond donors (Lipinski definition) is 1. The van der Waals surface area contributed by atoms with Crippen LogP contribution < -0.4 is 19.5 Å². The number of fused-ring (bicyclic) bond motifs is 1. The van der Waals surface area contributed by atoms with E-state index in [0.717, 1.165) is 22.0 Å². The van der Waals surface area contributed by atoms with Gasteiger partial charge in [-0.3, -0.25) is 0 Å². The number of aryl methyl sites for hydroxylation is 1. The van der Waals surface area contributed by atoms with E-state index in [9.17, 15) is 0 Å². The number of hydrogen-bond acceptors (Lipinski definition) is 7. The fourth-order valence-electron chi connectivity index (χ4n) is 3.64. The molecule has 0 aliphatic carbocycles. The zero-order chi connectivity index (χ0) is 22.3. The molecule has 0 spiro atoms. The van der Waals surface area contributed by atoms with E-state index >= 15 is 0 Å². The largest absolute Gasteiger partial charge is 0.493 e. The molecule has 1 aliphatic heterocycles. The van der Waals surface area contributed by atoms with Crippen LogP contribution in [0.3, 0.4) is 0 Å². The van der Waals surface area contributed by atoms with Gasteiger partial charge >= 0.3 is 0 Å². The molecule has 0 amide bonds. The number of benzene rings is 2. The van der Waals surface area contributed by atoms with Gasteiger partial charge in [0.2, 0.25) is 5.88 Å². The highest BCUT2D eigenvalue weighted by Crippen LogP contribution is 2.33. The van der Waals surface area contributed by atoms with Crippen molar-refractivity contribution in [1.82, 2.24) is 10.3 Å². The molecular weight excluding hydrogens is 408 g/mol. The van der Waals surface area contributed by atoms with Gasteiger partial charge in [-0.05, 0) is 24.6 Å². The second kappa shape index (κ2) is 10.6. The van der Waals surface area contributed by atoms with Gasteiger partial charge in [0.1, 0.15) is 6.61 Å². The lowest BCUT2D eigenvalue weighted by molar-refractivity contribution is -0.0864. The quantitative estimate of drug-likeness (QED) is 0.547. The number of methoxy groups -OCH3 is 2. The minimum absolute atomic E-state index is 0.0541. The zero-order valence-corrected chi connectivity index (χ0v) is 18.8. The molecule has 4 rings (SSSR count). The van der Waals surface area contributed by atoms with E-state index in [1.807, 2.05) is 12.1 Å². The Hall–Kier alpha value is -2.87. The molecule has 1 aromatic heterocycles. The Kier molecular flexibility index (Phi) is 7.42. The normalized spacial score (nSPS) is 16.2. The van der Waals surface area contributed by atoms with Crippen LogP contribution in [0.25, 0.3) is 10.9 Å². The van der Waals surface area contributed by atoms with Crippen molar-refractivity contribution in [2.24, 2.45) is 0 Å². The lowest BCUT2D eigenvalue weighted by Gasteiger charge is -2.23. The van der Waals surface area contributed by atoms with Crippen molar-refractivity contribution in [3.63, 3.8) is 0 Å². The van der Waals surface area contributed by atoms with Crippen molar-refractivity contribution in [1.29, 1.82) is 0 Å². The standard InChI is InChI=1S/C25H30N2O5/c1-17-4-6-18(7-5-17)15-32-25-20(13-26-14-21-16-30-8-9-31-21)10-19-11-23(28-2)24(29-3)12-22(19)27-25/h4-7,10-12,21,26H,8-9,13-16H2,1-3H3/t21-/m1/s1. The third kappa shape index (κ3) is 5.48. The molecule has 7 nitrogen and oxygen atoms in total. The minimum atomic E-state index is 0.0541. The first-order valence-electron chi connectivity index (χ1n) is 10.8. The predicted octanol–water partition coefficient (Wildman–Crippen LogP) is 3.64. The summed E-state index contributed by atoms with van der Waals surface area (Å²) in [5.74, 6) is 1.90. The van der Waals surface area contributed by atoms with Crippen LogP contribution in [0.4, 0.5) is 0 Å². The van der Waals surface area contributed by atoms with Crippen LogP contribution in [0, 0.1) is 6.92 Å². The third-order valence-corrected chi connectivity index (χ3v) is 5.43. The summed E-state index contributed by atoms with van der Waals surface area (Å²) in [7, 11) is 3.25. The summed E-state index contributed by atoms with van der Waals surface area (Å²) in [5.41, 5.74) is 4.07. The summed E-state index contributed by atoms with van der Waals surface area (Å²) in [6, 6.07) is 14.2. The Labute approximate surface area is 188 Å². The average Bonchev–Trinajstić information content (AvgIpc) is 2.83. The summed E-state index contributed by atoms with van der Waals surface area (Å²) in [4.78, 5) is 4.80. The van der Waals surface area contributed by atoms with E-state index in [1.54, 1.807) is 14.2 Å². The fourth-order valence-corrected chi connectivity index (χ4v) is 3.64. The van der Waals surface area contributed by atoms with Crippen LogP contribution >= 0.6 is 0 Å².